The van der Waals surface area contributed by atoms with Crippen LogP contribution in [0.1, 0.15) is 22.5 Å². The lowest BCUT2D eigenvalue weighted by Crippen LogP contribution is -2.21. The number of carbonyl (C=O) groups is 1. The molecule has 0 saturated carbocycles. The molecule has 0 aliphatic carbocycles. The molecule has 0 saturated heterocycles. The Morgan fingerprint density at radius 2 is 1.89 bits per heavy atom. The van der Waals surface area contributed by atoms with Crippen molar-refractivity contribution >= 4 is 16.8 Å². The van der Waals surface area contributed by atoms with Crippen LogP contribution in [-0.2, 0) is 13.0 Å². The molecule has 0 atom stereocenters. The SMILES string of the molecule is CN(C)C(=O)c1cccc(Oc2ccc3c(-c4c(-c5cccnc5)nn5c4CCC5)ccnc3c2)c1. The minimum Gasteiger partial charge on any atom is -0.457 e. The number of benzene rings is 2. The van der Waals surface area contributed by atoms with Crippen molar-refractivity contribution in [3.05, 3.63) is 90.5 Å². The standard InChI is InChI=1S/C29H25N5O2/c1-33(2)29(35)19-6-3-8-21(16-19)36-22-10-11-23-24(12-14-31-25(23)17-22)27-26-9-5-15-34(26)32-28(27)20-7-4-13-30-18-20/h3-4,6-8,10-14,16-18H,5,9,15H2,1-2H3. The maximum absolute atomic E-state index is 12.3. The average molecular weight is 476 g/mol. The fraction of sp³-hybridized carbons (Fsp3) is 0.172. The Kier molecular flexibility index (Phi) is 5.45. The van der Waals surface area contributed by atoms with Crippen LogP contribution >= 0.6 is 0 Å². The van der Waals surface area contributed by atoms with Crippen LogP contribution in [0, 0.1) is 0 Å². The van der Waals surface area contributed by atoms with Gasteiger partial charge in [-0.2, -0.15) is 5.10 Å². The topological polar surface area (TPSA) is 73.1 Å². The van der Waals surface area contributed by atoms with E-state index in [2.05, 4.69) is 26.8 Å². The van der Waals surface area contributed by atoms with Gasteiger partial charge in [0, 0.05) is 73.1 Å². The molecular formula is C29H25N5O2. The molecule has 5 aromatic rings. The zero-order valence-corrected chi connectivity index (χ0v) is 20.2. The first kappa shape index (κ1) is 22.0. The van der Waals surface area contributed by atoms with Gasteiger partial charge in [0.1, 0.15) is 17.2 Å². The first-order valence-corrected chi connectivity index (χ1v) is 12.0. The van der Waals surface area contributed by atoms with Gasteiger partial charge in [-0.1, -0.05) is 6.07 Å². The Bertz CT molecular complexity index is 1590. The van der Waals surface area contributed by atoms with Crippen LogP contribution in [0.15, 0.2) is 79.3 Å². The van der Waals surface area contributed by atoms with E-state index < -0.39 is 0 Å². The van der Waals surface area contributed by atoms with Gasteiger partial charge < -0.3 is 9.64 Å². The van der Waals surface area contributed by atoms with E-state index in [9.17, 15) is 4.79 Å². The van der Waals surface area contributed by atoms with E-state index in [4.69, 9.17) is 9.84 Å². The van der Waals surface area contributed by atoms with Gasteiger partial charge in [0.05, 0.1) is 5.52 Å². The van der Waals surface area contributed by atoms with Crippen molar-refractivity contribution < 1.29 is 9.53 Å². The summed E-state index contributed by atoms with van der Waals surface area (Å²) >= 11 is 0. The summed E-state index contributed by atoms with van der Waals surface area (Å²) in [5.74, 6) is 1.20. The molecule has 0 unspecified atom stereocenters. The second kappa shape index (κ2) is 8.92. The molecule has 0 N–H and O–H groups in total. The van der Waals surface area contributed by atoms with Crippen molar-refractivity contribution in [3.8, 4) is 33.9 Å². The number of aryl methyl sites for hydroxylation is 1. The van der Waals surface area contributed by atoms with Crippen molar-refractivity contribution in [2.45, 2.75) is 19.4 Å². The highest BCUT2D eigenvalue weighted by Crippen LogP contribution is 2.40. The molecule has 1 aliphatic heterocycles. The van der Waals surface area contributed by atoms with Crippen molar-refractivity contribution in [2.75, 3.05) is 14.1 Å². The summed E-state index contributed by atoms with van der Waals surface area (Å²) in [7, 11) is 3.47. The largest absolute Gasteiger partial charge is 0.457 e. The van der Waals surface area contributed by atoms with Gasteiger partial charge >= 0.3 is 0 Å². The van der Waals surface area contributed by atoms with E-state index in [0.29, 0.717) is 17.1 Å². The van der Waals surface area contributed by atoms with Crippen LogP contribution in [0.4, 0.5) is 0 Å². The fourth-order valence-corrected chi connectivity index (χ4v) is 4.82. The summed E-state index contributed by atoms with van der Waals surface area (Å²) in [4.78, 5) is 22.8. The molecule has 1 amide bonds. The molecule has 6 rings (SSSR count). The number of aromatic nitrogens is 4. The molecule has 0 bridgehead atoms. The predicted molar refractivity (Wildman–Crippen MR) is 139 cm³/mol. The van der Waals surface area contributed by atoms with Gasteiger partial charge in [-0.3, -0.25) is 19.4 Å². The first-order valence-electron chi connectivity index (χ1n) is 12.0. The Balaban J connectivity index is 1.40. The Morgan fingerprint density at radius 1 is 1.00 bits per heavy atom. The lowest BCUT2D eigenvalue weighted by atomic mass is 9.96. The number of amides is 1. The average Bonchev–Trinajstić information content (AvgIpc) is 3.50. The zero-order valence-electron chi connectivity index (χ0n) is 20.2. The number of carbonyl (C=O) groups excluding carboxylic acids is 1. The van der Waals surface area contributed by atoms with Crippen LogP contribution in [-0.4, -0.2) is 44.7 Å². The summed E-state index contributed by atoms with van der Waals surface area (Å²) in [6.45, 7) is 0.930. The number of ether oxygens (including phenoxy) is 1. The Hall–Kier alpha value is -4.52. The van der Waals surface area contributed by atoms with Gasteiger partial charge in [0.15, 0.2) is 0 Å². The van der Waals surface area contributed by atoms with E-state index in [1.54, 1.807) is 37.3 Å². The lowest BCUT2D eigenvalue weighted by molar-refractivity contribution is 0.0827. The van der Waals surface area contributed by atoms with Crippen LogP contribution in [0.2, 0.25) is 0 Å². The molecule has 7 heteroatoms. The Labute approximate surface area is 209 Å². The normalized spacial score (nSPS) is 12.5. The summed E-state index contributed by atoms with van der Waals surface area (Å²) in [6, 6.07) is 19.2. The minimum atomic E-state index is -0.0663. The molecular weight excluding hydrogens is 450 g/mol. The molecule has 4 heterocycles. The molecule has 2 aromatic carbocycles. The van der Waals surface area contributed by atoms with E-state index in [1.807, 2.05) is 48.8 Å². The highest BCUT2D eigenvalue weighted by atomic mass is 16.5. The van der Waals surface area contributed by atoms with Gasteiger partial charge in [0.2, 0.25) is 0 Å². The monoisotopic (exact) mass is 475 g/mol. The van der Waals surface area contributed by atoms with Gasteiger partial charge in [-0.25, -0.2) is 0 Å². The minimum absolute atomic E-state index is 0.0663. The van der Waals surface area contributed by atoms with Crippen LogP contribution in [0.5, 0.6) is 11.5 Å². The number of hydrogen-bond acceptors (Lipinski definition) is 5. The van der Waals surface area contributed by atoms with Crippen molar-refractivity contribution in [1.29, 1.82) is 0 Å². The number of hydrogen-bond donors (Lipinski definition) is 0. The maximum atomic E-state index is 12.3. The molecule has 1 aliphatic rings. The highest BCUT2D eigenvalue weighted by molar-refractivity contribution is 5.99. The zero-order chi connectivity index (χ0) is 24.6. The summed E-state index contributed by atoms with van der Waals surface area (Å²) < 4.78 is 8.25. The van der Waals surface area contributed by atoms with Crippen molar-refractivity contribution in [3.63, 3.8) is 0 Å². The number of fused-ring (bicyclic) bond motifs is 2. The molecule has 7 nitrogen and oxygen atoms in total. The highest BCUT2D eigenvalue weighted by Gasteiger charge is 2.25. The maximum Gasteiger partial charge on any atom is 0.253 e. The third-order valence-electron chi connectivity index (χ3n) is 6.48. The molecule has 0 fully saturated rings. The van der Waals surface area contributed by atoms with Gasteiger partial charge in [-0.05, 0) is 66.9 Å². The van der Waals surface area contributed by atoms with Crippen LogP contribution in [0.3, 0.4) is 0 Å². The molecule has 3 aromatic heterocycles. The molecule has 36 heavy (non-hydrogen) atoms. The van der Waals surface area contributed by atoms with Gasteiger partial charge in [-0.15, -0.1) is 0 Å². The second-order valence-corrected chi connectivity index (χ2v) is 9.11. The van der Waals surface area contributed by atoms with E-state index in [0.717, 1.165) is 52.7 Å². The van der Waals surface area contributed by atoms with Gasteiger partial charge in [0.25, 0.3) is 5.91 Å². The fourth-order valence-electron chi connectivity index (χ4n) is 4.82. The number of nitrogens with zero attached hydrogens (tertiary/aromatic N) is 5. The summed E-state index contributed by atoms with van der Waals surface area (Å²) in [6.07, 6.45) is 7.58. The summed E-state index contributed by atoms with van der Waals surface area (Å²) in [5, 5.41) is 5.99. The molecule has 0 spiro atoms. The first-order chi connectivity index (χ1) is 17.6. The smallest absolute Gasteiger partial charge is 0.253 e. The van der Waals surface area contributed by atoms with Crippen LogP contribution in [0.25, 0.3) is 33.3 Å². The number of pyridine rings is 2. The van der Waals surface area contributed by atoms with E-state index in [1.165, 1.54) is 5.69 Å². The second-order valence-electron chi connectivity index (χ2n) is 9.11. The quantitative estimate of drug-likeness (QED) is 0.331. The predicted octanol–water partition coefficient (Wildman–Crippen LogP) is 5.60. The molecule has 0 radical (unpaired) electrons. The summed E-state index contributed by atoms with van der Waals surface area (Å²) in [5.41, 5.74) is 6.88. The van der Waals surface area contributed by atoms with Crippen molar-refractivity contribution in [1.82, 2.24) is 24.6 Å². The Morgan fingerprint density at radius 3 is 2.72 bits per heavy atom. The van der Waals surface area contributed by atoms with E-state index >= 15 is 0 Å². The van der Waals surface area contributed by atoms with Crippen LogP contribution < -0.4 is 4.74 Å². The number of rotatable bonds is 5. The third kappa shape index (κ3) is 3.88. The third-order valence-corrected chi connectivity index (χ3v) is 6.48. The van der Waals surface area contributed by atoms with Crippen molar-refractivity contribution in [2.24, 2.45) is 0 Å². The van der Waals surface area contributed by atoms with E-state index in [-0.39, 0.29) is 5.91 Å². The molecule has 178 valence electrons. The lowest BCUT2D eigenvalue weighted by Gasteiger charge is -2.13.